The van der Waals surface area contributed by atoms with Crippen molar-refractivity contribution in [1.82, 2.24) is 9.29 Å². The molecule has 1 aliphatic carbocycles. The van der Waals surface area contributed by atoms with E-state index in [-0.39, 0.29) is 43.3 Å². The maximum Gasteiger partial charge on any atom is 0.257 e. The summed E-state index contributed by atoms with van der Waals surface area (Å²) in [5.74, 6) is -3.06. The van der Waals surface area contributed by atoms with Crippen LogP contribution in [0.1, 0.15) is 55.8 Å². The first-order valence-electron chi connectivity index (χ1n) is 14.9. The van der Waals surface area contributed by atoms with Crippen LogP contribution in [0.2, 0.25) is 0 Å². The monoisotopic (exact) mass is 615 g/mol. The minimum absolute atomic E-state index is 0.0287. The Bertz CT molecular complexity index is 1630. The molecule has 1 saturated carbocycles. The summed E-state index contributed by atoms with van der Waals surface area (Å²) in [6, 6.07) is 9.47. The highest BCUT2D eigenvalue weighted by Gasteiger charge is 2.45. The zero-order valence-electron chi connectivity index (χ0n) is 24.6. The largest absolute Gasteiger partial charge is 0.395 e. The zero-order chi connectivity index (χ0) is 30.6. The van der Waals surface area contributed by atoms with Gasteiger partial charge in [0, 0.05) is 69.4 Å². The predicted octanol–water partition coefficient (Wildman–Crippen LogP) is 4.71. The van der Waals surface area contributed by atoms with Gasteiger partial charge in [-0.2, -0.15) is 0 Å². The highest BCUT2D eigenvalue weighted by Crippen LogP contribution is 2.54. The van der Waals surface area contributed by atoms with E-state index in [0.29, 0.717) is 22.4 Å². The number of aliphatic hydroxyl groups excluding tert-OH is 1. The second-order valence-electron chi connectivity index (χ2n) is 12.5. The lowest BCUT2D eigenvalue weighted by Crippen LogP contribution is -2.39. The molecular formula is C31H39F2N5O4S. The topological polar surface area (TPSA) is 107 Å². The van der Waals surface area contributed by atoms with Crippen molar-refractivity contribution in [3.63, 3.8) is 0 Å². The number of anilines is 3. The van der Waals surface area contributed by atoms with E-state index in [0.717, 1.165) is 42.5 Å². The molecule has 1 amide bonds. The van der Waals surface area contributed by atoms with E-state index in [1.807, 2.05) is 40.9 Å². The number of aryl methyl sites for hydroxylation is 1. The van der Waals surface area contributed by atoms with Crippen LogP contribution in [0.5, 0.6) is 0 Å². The molecule has 0 unspecified atom stereocenters. The number of aliphatic hydroxyl groups is 1. The molecule has 12 heteroatoms. The third-order valence-corrected chi connectivity index (χ3v) is 10.9. The average Bonchev–Trinajstić information content (AvgIpc) is 3.62. The summed E-state index contributed by atoms with van der Waals surface area (Å²) in [5.41, 5.74) is 3.52. The normalized spacial score (nSPS) is 20.4. The van der Waals surface area contributed by atoms with Crippen molar-refractivity contribution in [2.24, 2.45) is 12.5 Å². The number of piperidine rings is 2. The van der Waals surface area contributed by atoms with E-state index in [1.165, 1.54) is 18.9 Å². The molecule has 2 saturated heterocycles. The van der Waals surface area contributed by atoms with Gasteiger partial charge < -0.3 is 24.8 Å². The van der Waals surface area contributed by atoms with Gasteiger partial charge in [0.15, 0.2) is 0 Å². The second kappa shape index (κ2) is 11.0. The third-order valence-electron chi connectivity index (χ3n) is 9.32. The van der Waals surface area contributed by atoms with Crippen molar-refractivity contribution >= 4 is 43.9 Å². The van der Waals surface area contributed by atoms with Crippen LogP contribution in [-0.4, -0.2) is 68.7 Å². The van der Waals surface area contributed by atoms with E-state index in [1.54, 1.807) is 19.1 Å². The zero-order valence-corrected chi connectivity index (χ0v) is 25.4. The van der Waals surface area contributed by atoms with Crippen LogP contribution in [0.15, 0.2) is 47.5 Å². The molecule has 3 fully saturated rings. The SMILES string of the molecule is C[C@@H](CO)NS(=O)(=O)c1ccc(C(=O)Nc2cc(N3CCC(F)(F)CC3)c3c(ccn3C)c2)c(N2CCC3(CC2)CC3)c1. The Labute approximate surface area is 250 Å². The number of hydrogen-bond donors (Lipinski definition) is 3. The van der Waals surface area contributed by atoms with E-state index >= 15 is 0 Å². The minimum atomic E-state index is -3.92. The number of nitrogens with one attached hydrogen (secondary N) is 2. The lowest BCUT2D eigenvalue weighted by Gasteiger charge is -2.35. The van der Waals surface area contributed by atoms with Gasteiger partial charge >= 0.3 is 0 Å². The van der Waals surface area contributed by atoms with Crippen molar-refractivity contribution in [2.45, 2.75) is 62.3 Å². The third kappa shape index (κ3) is 6.09. The number of rotatable bonds is 8. The average molecular weight is 616 g/mol. The summed E-state index contributed by atoms with van der Waals surface area (Å²) in [6.45, 7) is 3.11. The maximum atomic E-state index is 13.9. The molecule has 2 aromatic carbocycles. The minimum Gasteiger partial charge on any atom is -0.395 e. The standard InChI is InChI=1S/C31H39F2N5O4S/c1-21(20-39)35-43(41,42)24-3-4-25(26(19-24)37-13-8-30(6-7-30)9-14-37)29(40)34-23-17-22-5-12-36(2)28(22)27(18-23)38-15-10-31(32,33)11-16-38/h3-5,12,17-19,21,35,39H,6-11,13-16,20H2,1-2H3,(H,34,40)/t21-/m0/s1. The molecule has 0 bridgehead atoms. The van der Waals surface area contributed by atoms with Gasteiger partial charge in [-0.1, -0.05) is 0 Å². The second-order valence-corrected chi connectivity index (χ2v) is 14.2. The van der Waals surface area contributed by atoms with Gasteiger partial charge in [0.2, 0.25) is 10.0 Å². The lowest BCUT2D eigenvalue weighted by atomic mass is 9.93. The van der Waals surface area contributed by atoms with Gasteiger partial charge in [0.05, 0.1) is 34.0 Å². The summed E-state index contributed by atoms with van der Waals surface area (Å²) in [5, 5.41) is 13.3. The van der Waals surface area contributed by atoms with Crippen LogP contribution < -0.4 is 19.8 Å². The van der Waals surface area contributed by atoms with Gasteiger partial charge in [0.25, 0.3) is 11.8 Å². The number of sulfonamides is 1. The highest BCUT2D eigenvalue weighted by atomic mass is 32.2. The fourth-order valence-corrected chi connectivity index (χ4v) is 7.66. The van der Waals surface area contributed by atoms with Crippen molar-refractivity contribution < 1.29 is 27.1 Å². The first-order chi connectivity index (χ1) is 20.4. The molecule has 3 heterocycles. The molecule has 3 aromatic rings. The number of amides is 1. The van der Waals surface area contributed by atoms with Crippen molar-refractivity contribution in [1.29, 1.82) is 0 Å². The number of nitrogens with zero attached hydrogens (tertiary/aromatic N) is 3. The first-order valence-corrected chi connectivity index (χ1v) is 16.4. The fourth-order valence-electron chi connectivity index (χ4n) is 6.41. The van der Waals surface area contributed by atoms with Gasteiger partial charge in [-0.15, -0.1) is 0 Å². The van der Waals surface area contributed by atoms with E-state index in [2.05, 4.69) is 14.9 Å². The molecule has 43 heavy (non-hydrogen) atoms. The fraction of sp³-hybridized carbons (Fsp3) is 0.516. The van der Waals surface area contributed by atoms with Gasteiger partial charge in [-0.25, -0.2) is 21.9 Å². The van der Waals surface area contributed by atoms with Gasteiger partial charge in [0.1, 0.15) is 0 Å². The van der Waals surface area contributed by atoms with E-state index in [4.69, 9.17) is 0 Å². The van der Waals surface area contributed by atoms with Crippen LogP contribution in [-0.2, 0) is 17.1 Å². The molecule has 232 valence electrons. The van der Waals surface area contributed by atoms with Crippen LogP contribution >= 0.6 is 0 Å². The maximum absolute atomic E-state index is 13.9. The predicted molar refractivity (Wildman–Crippen MR) is 164 cm³/mol. The van der Waals surface area contributed by atoms with Crippen molar-refractivity contribution in [3.8, 4) is 0 Å². The Morgan fingerprint density at radius 1 is 0.953 bits per heavy atom. The summed E-state index contributed by atoms with van der Waals surface area (Å²) in [4.78, 5) is 17.9. The van der Waals surface area contributed by atoms with Gasteiger partial charge in [-0.3, -0.25) is 4.79 Å². The smallest absolute Gasteiger partial charge is 0.257 e. The molecule has 1 spiro atoms. The molecule has 3 N–H and O–H groups in total. The highest BCUT2D eigenvalue weighted by molar-refractivity contribution is 7.89. The van der Waals surface area contributed by atoms with Crippen LogP contribution in [0.25, 0.3) is 10.9 Å². The number of fused-ring (bicyclic) bond motifs is 1. The molecule has 0 radical (unpaired) electrons. The molecular weight excluding hydrogens is 576 g/mol. The van der Waals surface area contributed by atoms with E-state index < -0.39 is 22.0 Å². The number of carbonyl (C=O) groups excluding carboxylic acids is 1. The van der Waals surface area contributed by atoms with Crippen LogP contribution in [0.3, 0.4) is 0 Å². The number of benzene rings is 2. The Morgan fingerprint density at radius 3 is 2.26 bits per heavy atom. The Morgan fingerprint density at radius 2 is 1.60 bits per heavy atom. The molecule has 6 rings (SSSR count). The number of hydrogen-bond acceptors (Lipinski definition) is 6. The van der Waals surface area contributed by atoms with Gasteiger partial charge in [-0.05, 0) is 74.4 Å². The lowest BCUT2D eigenvalue weighted by molar-refractivity contribution is -0.0220. The summed E-state index contributed by atoms with van der Waals surface area (Å²) in [7, 11) is -2.01. The number of alkyl halides is 2. The Hall–Kier alpha value is -3.22. The quantitative estimate of drug-likeness (QED) is 0.339. The molecule has 9 nitrogen and oxygen atoms in total. The number of carbonyl (C=O) groups is 1. The van der Waals surface area contributed by atoms with Crippen molar-refractivity contribution in [3.05, 3.63) is 48.2 Å². The molecule has 2 aliphatic heterocycles. The first kappa shape index (κ1) is 29.8. The van der Waals surface area contributed by atoms with Crippen LogP contribution in [0, 0.1) is 5.41 Å². The Kier molecular flexibility index (Phi) is 7.67. The molecule has 1 aromatic heterocycles. The van der Waals surface area contributed by atoms with Crippen LogP contribution in [0.4, 0.5) is 25.8 Å². The summed E-state index contributed by atoms with van der Waals surface area (Å²) >= 11 is 0. The number of halogens is 2. The van der Waals surface area contributed by atoms with E-state index in [9.17, 15) is 27.1 Å². The summed E-state index contributed by atoms with van der Waals surface area (Å²) in [6.07, 6.45) is 5.87. The summed E-state index contributed by atoms with van der Waals surface area (Å²) < 4.78 is 58.5. The number of aromatic nitrogens is 1. The molecule has 1 atom stereocenters. The van der Waals surface area contributed by atoms with Crippen molar-refractivity contribution in [2.75, 3.05) is 47.9 Å². The Balaban J connectivity index is 1.32. The molecule has 3 aliphatic rings.